The number of nitrogens with one attached hydrogen (secondary N) is 1. The van der Waals surface area contributed by atoms with Crippen molar-refractivity contribution < 1.29 is 14.7 Å². The molecule has 5 nitrogen and oxygen atoms in total. The number of benzene rings is 2. The molecule has 6 heteroatoms. The van der Waals surface area contributed by atoms with Crippen molar-refractivity contribution in [1.82, 2.24) is 0 Å². The third-order valence-corrected chi connectivity index (χ3v) is 4.53. The third kappa shape index (κ3) is 6.99. The maximum atomic E-state index is 11.8. The fourth-order valence-electron chi connectivity index (χ4n) is 2.39. The van der Waals surface area contributed by atoms with Crippen LogP contribution in [0.1, 0.15) is 23.7 Å². The molecule has 2 aromatic rings. The van der Waals surface area contributed by atoms with Crippen molar-refractivity contribution in [1.29, 1.82) is 0 Å². The number of aliphatic hydroxyl groups is 1. The van der Waals surface area contributed by atoms with Gasteiger partial charge in [0.15, 0.2) is 0 Å². The number of amides is 2. The molecule has 2 aromatic carbocycles. The highest BCUT2D eigenvalue weighted by molar-refractivity contribution is 8.00. The second kappa shape index (κ2) is 9.86. The van der Waals surface area contributed by atoms with Crippen molar-refractivity contribution >= 4 is 29.3 Å². The highest BCUT2D eigenvalue weighted by Gasteiger charge is 2.08. The van der Waals surface area contributed by atoms with Gasteiger partial charge in [0.1, 0.15) is 0 Å². The normalized spacial score (nSPS) is 11.7. The molecule has 0 saturated carbocycles. The number of anilines is 1. The van der Waals surface area contributed by atoms with Crippen molar-refractivity contribution in [3.63, 3.8) is 0 Å². The molecule has 0 aromatic heterocycles. The summed E-state index contributed by atoms with van der Waals surface area (Å²) >= 11 is 1.19. The van der Waals surface area contributed by atoms with Crippen LogP contribution < -0.4 is 11.1 Å². The first-order valence-electron chi connectivity index (χ1n) is 8.02. The second-order valence-electron chi connectivity index (χ2n) is 5.67. The van der Waals surface area contributed by atoms with Gasteiger partial charge in [0.2, 0.25) is 11.8 Å². The van der Waals surface area contributed by atoms with Gasteiger partial charge >= 0.3 is 0 Å². The van der Waals surface area contributed by atoms with Crippen LogP contribution in [0.3, 0.4) is 0 Å². The molecule has 2 rings (SSSR count). The van der Waals surface area contributed by atoms with Gasteiger partial charge in [-0.05, 0) is 36.1 Å². The van der Waals surface area contributed by atoms with Gasteiger partial charge in [-0.25, -0.2) is 0 Å². The van der Waals surface area contributed by atoms with Gasteiger partial charge in [-0.3, -0.25) is 9.59 Å². The molecule has 132 valence electrons. The average molecular weight is 358 g/mol. The van der Waals surface area contributed by atoms with Gasteiger partial charge in [0, 0.05) is 5.69 Å². The number of aryl methyl sites for hydroxylation is 1. The van der Waals surface area contributed by atoms with Crippen molar-refractivity contribution in [2.45, 2.75) is 18.9 Å². The number of carbonyl (C=O) groups excluding carboxylic acids is 2. The molecule has 0 saturated heterocycles. The molecule has 2 amide bonds. The summed E-state index contributed by atoms with van der Waals surface area (Å²) in [5, 5.41) is 13.0. The lowest BCUT2D eigenvalue weighted by Gasteiger charge is -2.12. The van der Waals surface area contributed by atoms with Crippen molar-refractivity contribution in [3.05, 3.63) is 65.7 Å². The van der Waals surface area contributed by atoms with E-state index in [-0.39, 0.29) is 17.4 Å². The SMILES string of the molecule is NC(=O)CSCC(=O)Nc1cccc(CC[C@@H](O)c2ccccc2)c1. The summed E-state index contributed by atoms with van der Waals surface area (Å²) in [7, 11) is 0. The Hall–Kier alpha value is -2.31. The van der Waals surface area contributed by atoms with E-state index >= 15 is 0 Å². The van der Waals surface area contributed by atoms with Gasteiger partial charge in [-0.15, -0.1) is 11.8 Å². The van der Waals surface area contributed by atoms with Crippen molar-refractivity contribution in [2.24, 2.45) is 5.73 Å². The largest absolute Gasteiger partial charge is 0.388 e. The highest BCUT2D eigenvalue weighted by atomic mass is 32.2. The molecule has 0 aliphatic rings. The monoisotopic (exact) mass is 358 g/mol. The van der Waals surface area contributed by atoms with Crippen LogP contribution in [0.5, 0.6) is 0 Å². The molecule has 0 aliphatic heterocycles. The van der Waals surface area contributed by atoms with Gasteiger partial charge < -0.3 is 16.2 Å². The fraction of sp³-hybridized carbons (Fsp3) is 0.263. The molecule has 0 unspecified atom stereocenters. The van der Waals surface area contributed by atoms with E-state index in [0.717, 1.165) is 11.1 Å². The van der Waals surface area contributed by atoms with E-state index in [0.29, 0.717) is 18.5 Å². The Morgan fingerprint density at radius 1 is 1.08 bits per heavy atom. The number of hydrogen-bond donors (Lipinski definition) is 3. The van der Waals surface area contributed by atoms with E-state index in [4.69, 9.17) is 5.73 Å². The summed E-state index contributed by atoms with van der Waals surface area (Å²) in [4.78, 5) is 22.5. The van der Waals surface area contributed by atoms with Crippen LogP contribution in [0.15, 0.2) is 54.6 Å². The smallest absolute Gasteiger partial charge is 0.234 e. The van der Waals surface area contributed by atoms with Crippen molar-refractivity contribution in [3.8, 4) is 0 Å². The molecule has 0 aliphatic carbocycles. The molecule has 0 spiro atoms. The van der Waals surface area contributed by atoms with Gasteiger partial charge in [0.25, 0.3) is 0 Å². The lowest BCUT2D eigenvalue weighted by molar-refractivity contribution is -0.115. The standard InChI is InChI=1S/C19H22N2O3S/c20-18(23)12-25-13-19(24)21-16-8-4-5-14(11-16)9-10-17(22)15-6-2-1-3-7-15/h1-8,11,17,22H,9-10,12-13H2,(H2,20,23)(H,21,24)/t17-/m1/s1. The lowest BCUT2D eigenvalue weighted by Crippen LogP contribution is -2.18. The maximum Gasteiger partial charge on any atom is 0.234 e. The summed E-state index contributed by atoms with van der Waals surface area (Å²) < 4.78 is 0. The van der Waals surface area contributed by atoms with Gasteiger partial charge in [-0.2, -0.15) is 0 Å². The van der Waals surface area contributed by atoms with E-state index in [2.05, 4.69) is 5.32 Å². The first-order chi connectivity index (χ1) is 12.0. The van der Waals surface area contributed by atoms with E-state index in [9.17, 15) is 14.7 Å². The number of carbonyl (C=O) groups is 2. The minimum absolute atomic E-state index is 0.130. The van der Waals surface area contributed by atoms with Gasteiger partial charge in [-0.1, -0.05) is 42.5 Å². The molecular weight excluding hydrogens is 336 g/mol. The van der Waals surface area contributed by atoms with Crippen LogP contribution in [0.25, 0.3) is 0 Å². The van der Waals surface area contributed by atoms with Crippen LogP contribution >= 0.6 is 11.8 Å². The zero-order chi connectivity index (χ0) is 18.1. The van der Waals surface area contributed by atoms with E-state index in [1.807, 2.05) is 54.6 Å². The molecule has 1 atom stereocenters. The summed E-state index contributed by atoms with van der Waals surface area (Å²) in [6.07, 6.45) is 0.802. The number of rotatable bonds is 9. The zero-order valence-electron chi connectivity index (χ0n) is 13.9. The van der Waals surface area contributed by atoms with Crippen LogP contribution in [0.2, 0.25) is 0 Å². The number of aliphatic hydroxyl groups excluding tert-OH is 1. The summed E-state index contributed by atoms with van der Waals surface area (Å²) in [6.45, 7) is 0. The number of nitrogens with two attached hydrogens (primary N) is 1. The summed E-state index contributed by atoms with van der Waals surface area (Å²) in [5.41, 5.74) is 7.68. The molecule has 25 heavy (non-hydrogen) atoms. The summed E-state index contributed by atoms with van der Waals surface area (Å²) in [5.74, 6) is -0.297. The Labute approximate surface area is 151 Å². The lowest BCUT2D eigenvalue weighted by atomic mass is 10.0. The third-order valence-electron chi connectivity index (χ3n) is 3.58. The fourth-order valence-corrected chi connectivity index (χ4v) is 2.95. The van der Waals surface area contributed by atoms with Crippen LogP contribution in [-0.2, 0) is 16.0 Å². The molecule has 0 radical (unpaired) electrons. The highest BCUT2D eigenvalue weighted by Crippen LogP contribution is 2.20. The number of hydrogen-bond acceptors (Lipinski definition) is 4. The summed E-state index contributed by atoms with van der Waals surface area (Å²) in [6, 6.07) is 17.1. The molecule has 4 N–H and O–H groups in total. The Kier molecular flexibility index (Phi) is 7.50. The number of thioether (sulfide) groups is 1. The van der Waals surface area contributed by atoms with Gasteiger partial charge in [0.05, 0.1) is 17.6 Å². The van der Waals surface area contributed by atoms with E-state index in [1.165, 1.54) is 11.8 Å². The predicted molar refractivity (Wildman–Crippen MR) is 101 cm³/mol. The van der Waals surface area contributed by atoms with E-state index < -0.39 is 12.0 Å². The Morgan fingerprint density at radius 3 is 2.56 bits per heavy atom. The van der Waals surface area contributed by atoms with Crippen LogP contribution in [0.4, 0.5) is 5.69 Å². The quantitative estimate of drug-likeness (QED) is 0.642. The maximum absolute atomic E-state index is 11.8. The second-order valence-corrected chi connectivity index (χ2v) is 6.66. The first kappa shape index (κ1) is 19.0. The van der Waals surface area contributed by atoms with E-state index in [1.54, 1.807) is 0 Å². The van der Waals surface area contributed by atoms with Crippen LogP contribution in [-0.4, -0.2) is 28.4 Å². The minimum atomic E-state index is -0.510. The molecule has 0 heterocycles. The molecule has 0 bridgehead atoms. The molecule has 0 fully saturated rings. The number of primary amides is 1. The predicted octanol–water partition coefficient (Wildman–Crippen LogP) is 2.51. The molecular formula is C19H22N2O3S. The topological polar surface area (TPSA) is 92.4 Å². The van der Waals surface area contributed by atoms with Crippen molar-refractivity contribution in [2.75, 3.05) is 16.8 Å². The minimum Gasteiger partial charge on any atom is -0.388 e. The first-order valence-corrected chi connectivity index (χ1v) is 9.18. The Balaban J connectivity index is 1.84. The zero-order valence-corrected chi connectivity index (χ0v) is 14.7. The Morgan fingerprint density at radius 2 is 1.84 bits per heavy atom. The average Bonchev–Trinajstić information content (AvgIpc) is 2.60. The van der Waals surface area contributed by atoms with Crippen LogP contribution in [0, 0.1) is 0 Å². The Bertz CT molecular complexity index is 707.